The minimum absolute atomic E-state index is 0.200. The number of carbonyl (C=O) groups is 2. The Hall–Kier alpha value is -3.83. The molecule has 4 heterocycles. The molecule has 0 spiro atoms. The number of nitrogen functional groups attached to an aromatic ring is 1. The van der Waals surface area contributed by atoms with E-state index in [0.717, 1.165) is 35.4 Å². The van der Waals surface area contributed by atoms with Gasteiger partial charge in [-0.2, -0.15) is 5.10 Å². The number of ether oxygens (including phenoxy) is 1. The first kappa shape index (κ1) is 27.7. The Kier molecular flexibility index (Phi) is 7.86. The molecular formula is C29H37N7O3Si. The normalized spacial score (nSPS) is 17.9. The number of likely N-dealkylation sites (tertiary alicyclic amines) is 1. The maximum atomic E-state index is 13.6. The molecule has 2 atom stereocenters. The zero-order valence-corrected chi connectivity index (χ0v) is 24.6. The average Bonchev–Trinajstić information content (AvgIpc) is 3.36. The lowest BCUT2D eigenvalue weighted by Crippen LogP contribution is -2.46. The Morgan fingerprint density at radius 3 is 2.77 bits per heavy atom. The third kappa shape index (κ3) is 6.00. The highest BCUT2D eigenvalue weighted by molar-refractivity contribution is 6.76. The molecule has 0 radical (unpaired) electrons. The molecule has 10 nitrogen and oxygen atoms in total. The number of benzene rings is 1. The zero-order valence-electron chi connectivity index (χ0n) is 23.6. The van der Waals surface area contributed by atoms with Gasteiger partial charge in [0.1, 0.15) is 12.5 Å². The predicted octanol–water partition coefficient (Wildman–Crippen LogP) is 4.81. The molecule has 1 aliphatic rings. The summed E-state index contributed by atoms with van der Waals surface area (Å²) in [7, 11) is -1.24. The molecule has 0 aliphatic carbocycles. The minimum Gasteiger partial charge on any atom is -0.383 e. The summed E-state index contributed by atoms with van der Waals surface area (Å²) in [5.41, 5.74) is 8.94. The van der Waals surface area contributed by atoms with Crippen LogP contribution in [0, 0.1) is 5.92 Å². The maximum absolute atomic E-state index is 13.6. The Labute approximate surface area is 234 Å². The third-order valence-corrected chi connectivity index (χ3v) is 9.15. The summed E-state index contributed by atoms with van der Waals surface area (Å²) in [5, 5.41) is 8.81. The number of hydrogen-bond acceptors (Lipinski definition) is 7. The number of fused-ring (bicyclic) bond motifs is 2. The smallest absolute Gasteiger partial charge is 0.314 e. The van der Waals surface area contributed by atoms with Crippen molar-refractivity contribution in [3.05, 3.63) is 54.5 Å². The number of nitrogens with zero attached hydrogens (tertiary/aromatic N) is 5. The van der Waals surface area contributed by atoms with Crippen molar-refractivity contribution >= 4 is 53.2 Å². The molecule has 1 aromatic carbocycles. The Bertz CT molecular complexity index is 1550. The van der Waals surface area contributed by atoms with Crippen molar-refractivity contribution in [3.63, 3.8) is 0 Å². The van der Waals surface area contributed by atoms with E-state index < -0.39 is 19.9 Å². The highest BCUT2D eigenvalue weighted by Crippen LogP contribution is 2.35. The van der Waals surface area contributed by atoms with Crippen LogP contribution in [0.2, 0.25) is 25.7 Å². The number of nitrogens with two attached hydrogens (primary N) is 1. The lowest BCUT2D eigenvalue weighted by molar-refractivity contribution is -0.146. The van der Waals surface area contributed by atoms with Gasteiger partial charge in [0.25, 0.3) is 0 Å². The maximum Gasteiger partial charge on any atom is 0.314 e. The minimum atomic E-state index is -1.24. The molecule has 2 amide bonds. The molecular weight excluding hydrogens is 522 g/mol. The van der Waals surface area contributed by atoms with Crippen LogP contribution in [-0.4, -0.2) is 57.7 Å². The molecule has 0 unspecified atom stereocenters. The first-order chi connectivity index (χ1) is 19.1. The van der Waals surface area contributed by atoms with Gasteiger partial charge in [0.15, 0.2) is 0 Å². The SMILES string of the molecule is C[C@H]1CC[C@H](c2ccc3ncccc3c2)N(C(=O)C(=O)Nc2cnc(N)c3cnn(COCC[Si](C)(C)C)c23)C1. The van der Waals surface area contributed by atoms with E-state index in [2.05, 4.69) is 53.0 Å². The van der Waals surface area contributed by atoms with Gasteiger partial charge in [-0.15, -0.1) is 0 Å². The summed E-state index contributed by atoms with van der Waals surface area (Å²) in [6.45, 7) is 10.3. The summed E-state index contributed by atoms with van der Waals surface area (Å²) in [6.07, 6.45) is 6.59. The van der Waals surface area contributed by atoms with Crippen molar-refractivity contribution < 1.29 is 14.3 Å². The van der Waals surface area contributed by atoms with Crippen LogP contribution in [0.1, 0.15) is 31.4 Å². The van der Waals surface area contributed by atoms with Crippen LogP contribution in [0.3, 0.4) is 0 Å². The van der Waals surface area contributed by atoms with E-state index in [-0.39, 0.29) is 18.7 Å². The Balaban J connectivity index is 1.37. The second-order valence-electron chi connectivity index (χ2n) is 11.9. The molecule has 1 aliphatic heterocycles. The van der Waals surface area contributed by atoms with E-state index in [1.165, 1.54) is 6.20 Å². The van der Waals surface area contributed by atoms with Gasteiger partial charge in [-0.25, -0.2) is 9.67 Å². The van der Waals surface area contributed by atoms with E-state index in [1.54, 1.807) is 22.0 Å². The van der Waals surface area contributed by atoms with Crippen molar-refractivity contribution in [2.24, 2.45) is 5.92 Å². The largest absolute Gasteiger partial charge is 0.383 e. The van der Waals surface area contributed by atoms with Gasteiger partial charge < -0.3 is 20.7 Å². The first-order valence-electron chi connectivity index (χ1n) is 13.7. The number of anilines is 2. The molecule has 4 aromatic rings. The molecule has 3 N–H and O–H groups in total. The second-order valence-corrected chi connectivity index (χ2v) is 17.5. The van der Waals surface area contributed by atoms with Crippen LogP contribution in [0.5, 0.6) is 0 Å². The van der Waals surface area contributed by atoms with Crippen LogP contribution in [0.25, 0.3) is 21.8 Å². The highest BCUT2D eigenvalue weighted by atomic mass is 28.3. The fourth-order valence-electron chi connectivity index (χ4n) is 5.17. The lowest BCUT2D eigenvalue weighted by atomic mass is 9.89. The van der Waals surface area contributed by atoms with Crippen molar-refractivity contribution in [3.8, 4) is 0 Å². The lowest BCUT2D eigenvalue weighted by Gasteiger charge is -2.38. The summed E-state index contributed by atoms with van der Waals surface area (Å²) in [6, 6.07) is 10.8. The van der Waals surface area contributed by atoms with E-state index in [1.807, 2.05) is 24.3 Å². The van der Waals surface area contributed by atoms with E-state index in [0.29, 0.717) is 35.6 Å². The van der Waals surface area contributed by atoms with Gasteiger partial charge in [-0.1, -0.05) is 38.7 Å². The number of pyridine rings is 2. The molecule has 1 saturated heterocycles. The number of amides is 2. The van der Waals surface area contributed by atoms with Crippen LogP contribution in [-0.2, 0) is 21.1 Å². The molecule has 0 bridgehead atoms. The molecule has 5 rings (SSSR count). The number of nitrogens with one attached hydrogen (secondary N) is 1. The van der Waals surface area contributed by atoms with Crippen LogP contribution < -0.4 is 11.1 Å². The van der Waals surface area contributed by atoms with Crippen molar-refractivity contribution in [2.75, 3.05) is 24.2 Å². The van der Waals surface area contributed by atoms with E-state index in [9.17, 15) is 9.59 Å². The number of carbonyl (C=O) groups excluding carboxylic acids is 2. The van der Waals surface area contributed by atoms with Gasteiger partial charge in [0, 0.05) is 32.8 Å². The van der Waals surface area contributed by atoms with Gasteiger partial charge in [-0.05, 0) is 48.6 Å². The zero-order chi connectivity index (χ0) is 28.4. The predicted molar refractivity (Wildman–Crippen MR) is 159 cm³/mol. The fourth-order valence-corrected chi connectivity index (χ4v) is 5.93. The topological polar surface area (TPSA) is 128 Å². The molecule has 40 heavy (non-hydrogen) atoms. The summed E-state index contributed by atoms with van der Waals surface area (Å²) in [5.74, 6) is -0.717. The van der Waals surface area contributed by atoms with Crippen LogP contribution >= 0.6 is 0 Å². The standard InChI is InChI=1S/C29H37N7O3Si/c1-19-7-10-25(21-8-9-23-20(14-21)6-5-11-31-23)35(17-19)29(38)28(37)34-24-16-32-27(30)22-15-33-36(26(22)24)18-39-12-13-40(2,3)4/h5-6,8-9,11,14-16,19,25H,7,10,12-13,17-18H2,1-4H3,(H2,30,32)(H,34,37)/t19-,25+/m0/s1. The monoisotopic (exact) mass is 559 g/mol. The molecule has 11 heteroatoms. The molecule has 210 valence electrons. The van der Waals surface area contributed by atoms with Gasteiger partial charge >= 0.3 is 11.8 Å². The number of aromatic nitrogens is 4. The van der Waals surface area contributed by atoms with Crippen molar-refractivity contribution in [2.45, 2.75) is 58.2 Å². The first-order valence-corrected chi connectivity index (χ1v) is 17.5. The van der Waals surface area contributed by atoms with Crippen molar-refractivity contribution in [1.29, 1.82) is 0 Å². The Morgan fingerprint density at radius 2 is 1.98 bits per heavy atom. The number of rotatable bonds is 7. The van der Waals surface area contributed by atoms with Crippen LogP contribution in [0.4, 0.5) is 11.5 Å². The van der Waals surface area contributed by atoms with Gasteiger partial charge in [-0.3, -0.25) is 14.6 Å². The van der Waals surface area contributed by atoms with Gasteiger partial charge in [0.05, 0.1) is 40.5 Å². The van der Waals surface area contributed by atoms with Gasteiger partial charge in [0.2, 0.25) is 0 Å². The fraction of sp³-hybridized carbons (Fsp3) is 0.414. The van der Waals surface area contributed by atoms with Crippen molar-refractivity contribution in [1.82, 2.24) is 24.6 Å². The van der Waals surface area contributed by atoms with Crippen LogP contribution in [0.15, 0.2) is 48.9 Å². The second kappa shape index (κ2) is 11.3. The number of hydrogen-bond donors (Lipinski definition) is 2. The molecule has 3 aromatic heterocycles. The average molecular weight is 560 g/mol. The summed E-state index contributed by atoms with van der Waals surface area (Å²) >= 11 is 0. The Morgan fingerprint density at radius 1 is 1.15 bits per heavy atom. The number of piperidine rings is 1. The summed E-state index contributed by atoms with van der Waals surface area (Å²) < 4.78 is 7.54. The quantitative estimate of drug-likeness (QED) is 0.189. The third-order valence-electron chi connectivity index (χ3n) is 7.45. The van der Waals surface area contributed by atoms with E-state index >= 15 is 0 Å². The molecule has 1 fully saturated rings. The molecule has 0 saturated carbocycles. The van der Waals surface area contributed by atoms with E-state index in [4.69, 9.17) is 10.5 Å². The summed E-state index contributed by atoms with van der Waals surface area (Å²) in [4.78, 5) is 37.4. The highest BCUT2D eigenvalue weighted by Gasteiger charge is 2.34.